The van der Waals surface area contributed by atoms with E-state index < -0.39 is 0 Å². The highest BCUT2D eigenvalue weighted by Gasteiger charge is 2.12. The molecule has 0 fully saturated rings. The predicted octanol–water partition coefficient (Wildman–Crippen LogP) is 6.69. The van der Waals surface area contributed by atoms with Gasteiger partial charge in [0, 0.05) is 18.0 Å². The molecule has 142 valence electrons. The molecule has 0 aliphatic carbocycles. The third-order valence-electron chi connectivity index (χ3n) is 3.86. The van der Waals surface area contributed by atoms with E-state index in [9.17, 15) is 0 Å². The van der Waals surface area contributed by atoms with Crippen LogP contribution >= 0.6 is 50.5 Å². The van der Waals surface area contributed by atoms with E-state index in [-0.39, 0.29) is 0 Å². The van der Waals surface area contributed by atoms with Crippen molar-refractivity contribution < 1.29 is 9.47 Å². The quantitative estimate of drug-likeness (QED) is 0.384. The second kappa shape index (κ2) is 9.80. The first-order valence-corrected chi connectivity index (χ1v) is 10.7. The fraction of sp³-hybridized carbons (Fsp3) is 0.200. The Morgan fingerprint density at radius 1 is 1.04 bits per heavy atom. The minimum absolute atomic E-state index is 0.363. The predicted molar refractivity (Wildman–Crippen MR) is 116 cm³/mol. The zero-order valence-electron chi connectivity index (χ0n) is 14.6. The second-order valence-electron chi connectivity index (χ2n) is 5.83. The van der Waals surface area contributed by atoms with E-state index in [1.165, 1.54) is 4.88 Å². The molecule has 0 saturated heterocycles. The Labute approximate surface area is 181 Å². The number of halogens is 3. The van der Waals surface area contributed by atoms with Crippen LogP contribution in [0.15, 0.2) is 52.3 Å². The molecular weight excluding hydrogens is 469 g/mol. The topological polar surface area (TPSA) is 30.5 Å². The Balaban J connectivity index is 1.66. The van der Waals surface area contributed by atoms with Gasteiger partial charge in [0.15, 0.2) is 11.5 Å². The summed E-state index contributed by atoms with van der Waals surface area (Å²) < 4.78 is 12.3. The van der Waals surface area contributed by atoms with Gasteiger partial charge in [-0.05, 0) is 62.8 Å². The van der Waals surface area contributed by atoms with Crippen molar-refractivity contribution in [1.82, 2.24) is 5.32 Å². The average Bonchev–Trinajstić information content (AvgIpc) is 3.16. The van der Waals surface area contributed by atoms with Gasteiger partial charge < -0.3 is 14.8 Å². The lowest BCUT2D eigenvalue weighted by atomic mass is 10.2. The Morgan fingerprint density at radius 2 is 1.89 bits per heavy atom. The van der Waals surface area contributed by atoms with E-state index >= 15 is 0 Å². The minimum Gasteiger partial charge on any atom is -0.493 e. The van der Waals surface area contributed by atoms with Crippen molar-refractivity contribution in [2.24, 2.45) is 0 Å². The van der Waals surface area contributed by atoms with Crippen LogP contribution in [0.5, 0.6) is 11.5 Å². The molecule has 0 amide bonds. The number of rotatable bonds is 8. The van der Waals surface area contributed by atoms with Crippen LogP contribution in [-0.4, -0.2) is 7.11 Å². The van der Waals surface area contributed by atoms with Gasteiger partial charge in [0.25, 0.3) is 0 Å². The Morgan fingerprint density at radius 3 is 2.59 bits per heavy atom. The van der Waals surface area contributed by atoms with Crippen molar-refractivity contribution in [2.45, 2.75) is 19.7 Å². The van der Waals surface area contributed by atoms with Crippen LogP contribution in [0.25, 0.3) is 0 Å². The standard InChI is InChI=1S/C20H18BrCl2NO2S/c1-25-19-9-14(10-24-11-15-3-2-6-27-15)7-16(21)20(19)26-12-13-4-5-17(22)18(23)8-13/h2-9,24H,10-12H2,1H3. The van der Waals surface area contributed by atoms with Gasteiger partial charge >= 0.3 is 0 Å². The molecule has 2 aromatic carbocycles. The highest BCUT2D eigenvalue weighted by atomic mass is 79.9. The minimum atomic E-state index is 0.363. The summed E-state index contributed by atoms with van der Waals surface area (Å²) in [5.74, 6) is 1.34. The maximum atomic E-state index is 6.06. The van der Waals surface area contributed by atoms with Gasteiger partial charge in [0.05, 0.1) is 21.6 Å². The number of hydrogen-bond acceptors (Lipinski definition) is 4. The van der Waals surface area contributed by atoms with E-state index in [1.807, 2.05) is 18.2 Å². The molecule has 1 aromatic heterocycles. The van der Waals surface area contributed by atoms with Gasteiger partial charge in [-0.25, -0.2) is 0 Å². The molecule has 0 bridgehead atoms. The molecular formula is C20H18BrCl2NO2S. The van der Waals surface area contributed by atoms with Crippen LogP contribution in [0.2, 0.25) is 10.0 Å². The summed E-state index contributed by atoms with van der Waals surface area (Å²) in [6.45, 7) is 1.94. The molecule has 0 atom stereocenters. The summed E-state index contributed by atoms with van der Waals surface area (Å²) in [4.78, 5) is 1.31. The molecule has 0 saturated carbocycles. The average molecular weight is 487 g/mol. The van der Waals surface area contributed by atoms with Gasteiger partial charge in [0.2, 0.25) is 0 Å². The van der Waals surface area contributed by atoms with E-state index in [2.05, 4.69) is 38.8 Å². The number of methoxy groups -OCH3 is 1. The molecule has 27 heavy (non-hydrogen) atoms. The zero-order chi connectivity index (χ0) is 19.2. The third-order valence-corrected chi connectivity index (χ3v) is 6.07. The molecule has 7 heteroatoms. The number of ether oxygens (including phenoxy) is 2. The van der Waals surface area contributed by atoms with Crippen LogP contribution in [0.1, 0.15) is 16.0 Å². The SMILES string of the molecule is COc1cc(CNCc2cccs2)cc(Br)c1OCc1ccc(Cl)c(Cl)c1. The molecule has 0 spiro atoms. The lowest BCUT2D eigenvalue weighted by molar-refractivity contribution is 0.282. The van der Waals surface area contributed by atoms with Crippen molar-refractivity contribution in [3.63, 3.8) is 0 Å². The molecule has 0 unspecified atom stereocenters. The second-order valence-corrected chi connectivity index (χ2v) is 8.53. The largest absolute Gasteiger partial charge is 0.493 e. The van der Waals surface area contributed by atoms with E-state index in [1.54, 1.807) is 30.6 Å². The van der Waals surface area contributed by atoms with E-state index in [4.69, 9.17) is 32.7 Å². The Bertz CT molecular complexity index is 903. The number of benzene rings is 2. The van der Waals surface area contributed by atoms with Crippen molar-refractivity contribution in [1.29, 1.82) is 0 Å². The maximum absolute atomic E-state index is 6.06. The van der Waals surface area contributed by atoms with Gasteiger partial charge in [0.1, 0.15) is 6.61 Å². The fourth-order valence-electron chi connectivity index (χ4n) is 2.54. The number of hydrogen-bond donors (Lipinski definition) is 1. The van der Waals surface area contributed by atoms with E-state index in [0.29, 0.717) is 28.2 Å². The highest BCUT2D eigenvalue weighted by Crippen LogP contribution is 2.37. The van der Waals surface area contributed by atoms with Gasteiger partial charge in [-0.15, -0.1) is 11.3 Å². The normalized spacial score (nSPS) is 10.8. The van der Waals surface area contributed by atoms with Crippen molar-refractivity contribution in [2.75, 3.05) is 7.11 Å². The van der Waals surface area contributed by atoms with Crippen molar-refractivity contribution in [3.8, 4) is 11.5 Å². The van der Waals surface area contributed by atoms with Crippen LogP contribution in [0.4, 0.5) is 0 Å². The van der Waals surface area contributed by atoms with Crippen molar-refractivity contribution >= 4 is 50.5 Å². The number of thiophene rings is 1. The monoisotopic (exact) mass is 485 g/mol. The fourth-order valence-corrected chi connectivity index (χ4v) is 4.14. The van der Waals surface area contributed by atoms with Crippen LogP contribution in [0, 0.1) is 0 Å². The van der Waals surface area contributed by atoms with Crippen LogP contribution in [-0.2, 0) is 19.7 Å². The van der Waals surface area contributed by atoms with Gasteiger partial charge in [-0.1, -0.05) is 35.3 Å². The summed E-state index contributed by atoms with van der Waals surface area (Å²) in [5.41, 5.74) is 2.04. The summed E-state index contributed by atoms with van der Waals surface area (Å²) >= 11 is 17.4. The highest BCUT2D eigenvalue weighted by molar-refractivity contribution is 9.10. The van der Waals surface area contributed by atoms with Crippen molar-refractivity contribution in [3.05, 3.63) is 78.4 Å². The summed E-state index contributed by atoms with van der Waals surface area (Å²) in [6.07, 6.45) is 0. The molecule has 3 aromatic rings. The lowest BCUT2D eigenvalue weighted by Gasteiger charge is -2.15. The molecule has 3 rings (SSSR count). The summed E-state index contributed by atoms with van der Waals surface area (Å²) in [5, 5.41) is 6.55. The van der Waals surface area contributed by atoms with Crippen LogP contribution < -0.4 is 14.8 Å². The Hall–Kier alpha value is -1.24. The first-order chi connectivity index (χ1) is 13.1. The molecule has 1 heterocycles. The molecule has 0 radical (unpaired) electrons. The maximum Gasteiger partial charge on any atom is 0.175 e. The smallest absolute Gasteiger partial charge is 0.175 e. The molecule has 1 N–H and O–H groups in total. The molecule has 0 aliphatic rings. The molecule has 3 nitrogen and oxygen atoms in total. The van der Waals surface area contributed by atoms with E-state index in [0.717, 1.165) is 28.7 Å². The summed E-state index contributed by atoms with van der Waals surface area (Å²) in [6, 6.07) is 13.6. The summed E-state index contributed by atoms with van der Waals surface area (Å²) in [7, 11) is 1.64. The first-order valence-electron chi connectivity index (χ1n) is 8.23. The Kier molecular flexibility index (Phi) is 7.44. The van der Waals surface area contributed by atoms with Gasteiger partial charge in [-0.3, -0.25) is 0 Å². The first kappa shape index (κ1) is 20.5. The van der Waals surface area contributed by atoms with Crippen LogP contribution in [0.3, 0.4) is 0 Å². The lowest BCUT2D eigenvalue weighted by Crippen LogP contribution is -2.12. The third kappa shape index (κ3) is 5.62. The van der Waals surface area contributed by atoms with Gasteiger partial charge in [-0.2, -0.15) is 0 Å². The number of nitrogens with one attached hydrogen (secondary N) is 1. The zero-order valence-corrected chi connectivity index (χ0v) is 18.5. The molecule has 0 aliphatic heterocycles.